The predicted molar refractivity (Wildman–Crippen MR) is 76.5 cm³/mol. The van der Waals surface area contributed by atoms with Gasteiger partial charge < -0.3 is 4.74 Å². The first kappa shape index (κ1) is 15.5. The standard InChI is InChI=1S/C9H16N4O2S3/c1-17-5-7(6-18-2)15-8(14)3-4-13-9(16)10-11-12-13/h7H,3-6H2,1-2H3,(H,10,12,16). The zero-order valence-corrected chi connectivity index (χ0v) is 12.7. The van der Waals surface area contributed by atoms with Crippen molar-refractivity contribution < 1.29 is 9.53 Å². The number of hydrogen-bond acceptors (Lipinski definition) is 7. The highest BCUT2D eigenvalue weighted by atomic mass is 32.2. The minimum atomic E-state index is -0.223. The molecule has 0 aliphatic heterocycles. The van der Waals surface area contributed by atoms with E-state index in [9.17, 15) is 4.79 Å². The number of H-pyrrole nitrogens is 1. The van der Waals surface area contributed by atoms with E-state index in [-0.39, 0.29) is 18.5 Å². The molecule has 0 unspecified atom stereocenters. The van der Waals surface area contributed by atoms with Gasteiger partial charge in [-0.25, -0.2) is 4.68 Å². The summed E-state index contributed by atoms with van der Waals surface area (Å²) in [5, 5.41) is 9.77. The van der Waals surface area contributed by atoms with Gasteiger partial charge >= 0.3 is 5.97 Å². The highest BCUT2D eigenvalue weighted by Crippen LogP contribution is 2.09. The van der Waals surface area contributed by atoms with Crippen LogP contribution in [0.1, 0.15) is 6.42 Å². The van der Waals surface area contributed by atoms with Crippen molar-refractivity contribution in [3.63, 3.8) is 0 Å². The molecule has 0 amide bonds. The fourth-order valence-electron chi connectivity index (χ4n) is 1.30. The van der Waals surface area contributed by atoms with Crippen LogP contribution in [0, 0.1) is 4.77 Å². The van der Waals surface area contributed by atoms with Crippen LogP contribution in [0.25, 0.3) is 0 Å². The third kappa shape index (κ3) is 5.40. The number of tetrazole rings is 1. The number of nitrogens with one attached hydrogen (secondary N) is 1. The van der Waals surface area contributed by atoms with E-state index in [1.807, 2.05) is 12.5 Å². The number of hydrogen-bond donors (Lipinski definition) is 1. The quantitative estimate of drug-likeness (QED) is 0.574. The van der Waals surface area contributed by atoms with Crippen LogP contribution in [0.5, 0.6) is 0 Å². The topological polar surface area (TPSA) is 72.8 Å². The lowest BCUT2D eigenvalue weighted by molar-refractivity contribution is -0.147. The van der Waals surface area contributed by atoms with Gasteiger partial charge in [0.15, 0.2) is 0 Å². The Labute approximate surface area is 119 Å². The number of carbonyl (C=O) groups excluding carboxylic acids is 1. The number of aromatic nitrogens is 4. The Morgan fingerprint density at radius 2 is 2.17 bits per heavy atom. The molecule has 0 fully saturated rings. The molecule has 1 aromatic heterocycles. The number of esters is 1. The van der Waals surface area contributed by atoms with Gasteiger partial charge in [0.1, 0.15) is 6.10 Å². The maximum absolute atomic E-state index is 11.7. The Morgan fingerprint density at radius 3 is 2.67 bits per heavy atom. The van der Waals surface area contributed by atoms with Crippen molar-refractivity contribution in [2.24, 2.45) is 0 Å². The fraction of sp³-hybridized carbons (Fsp3) is 0.778. The third-order valence-corrected chi connectivity index (χ3v) is 3.79. The van der Waals surface area contributed by atoms with E-state index in [1.54, 1.807) is 23.5 Å². The molecule has 0 saturated carbocycles. The Bertz CT molecular complexity index is 414. The summed E-state index contributed by atoms with van der Waals surface area (Å²) in [5.41, 5.74) is 0. The van der Waals surface area contributed by atoms with Gasteiger partial charge in [-0.2, -0.15) is 28.7 Å². The molecule has 0 saturated heterocycles. The van der Waals surface area contributed by atoms with E-state index in [0.29, 0.717) is 11.3 Å². The molecular formula is C9H16N4O2S3. The molecule has 0 aromatic carbocycles. The summed E-state index contributed by atoms with van der Waals surface area (Å²) in [6.07, 6.45) is 4.22. The predicted octanol–water partition coefficient (Wildman–Crippen LogP) is 1.36. The summed E-state index contributed by atoms with van der Waals surface area (Å²) in [6.45, 7) is 0.413. The van der Waals surface area contributed by atoms with E-state index in [0.717, 1.165) is 11.5 Å². The van der Waals surface area contributed by atoms with E-state index in [2.05, 4.69) is 15.5 Å². The lowest BCUT2D eigenvalue weighted by atomic mass is 10.4. The zero-order valence-electron chi connectivity index (χ0n) is 10.3. The SMILES string of the molecule is CSCC(CSC)OC(=O)CCn1[nH]nnc1=S. The van der Waals surface area contributed by atoms with E-state index in [4.69, 9.17) is 17.0 Å². The first-order valence-electron chi connectivity index (χ1n) is 5.32. The molecule has 0 aliphatic rings. The highest BCUT2D eigenvalue weighted by molar-refractivity contribution is 7.99. The highest BCUT2D eigenvalue weighted by Gasteiger charge is 2.13. The summed E-state index contributed by atoms with van der Waals surface area (Å²) in [7, 11) is 0. The molecule has 18 heavy (non-hydrogen) atoms. The molecule has 6 nitrogen and oxygen atoms in total. The van der Waals surface area contributed by atoms with Gasteiger partial charge in [0.05, 0.1) is 13.0 Å². The van der Waals surface area contributed by atoms with Crippen LogP contribution in [0.3, 0.4) is 0 Å². The third-order valence-electron chi connectivity index (χ3n) is 2.07. The lowest BCUT2D eigenvalue weighted by Crippen LogP contribution is -2.24. The normalized spacial score (nSPS) is 10.8. The molecule has 0 atom stereocenters. The number of aryl methyl sites for hydroxylation is 1. The monoisotopic (exact) mass is 308 g/mol. The summed E-state index contributed by atoms with van der Waals surface area (Å²) in [4.78, 5) is 11.7. The van der Waals surface area contributed by atoms with Crippen LogP contribution in [0.15, 0.2) is 0 Å². The van der Waals surface area contributed by atoms with Gasteiger partial charge in [0, 0.05) is 11.5 Å². The average molecular weight is 308 g/mol. The molecule has 1 N–H and O–H groups in total. The molecule has 0 bridgehead atoms. The largest absolute Gasteiger partial charge is 0.461 e. The minimum absolute atomic E-state index is 0.0321. The summed E-state index contributed by atoms with van der Waals surface area (Å²) < 4.78 is 7.26. The smallest absolute Gasteiger partial charge is 0.308 e. The number of nitrogens with zero attached hydrogens (tertiary/aromatic N) is 3. The van der Waals surface area contributed by atoms with Crippen molar-refractivity contribution in [1.29, 1.82) is 0 Å². The second-order valence-corrected chi connectivity index (χ2v) is 5.69. The van der Waals surface area contributed by atoms with Crippen LogP contribution in [-0.2, 0) is 16.1 Å². The summed E-state index contributed by atoms with van der Waals surface area (Å²) in [5.74, 6) is 1.41. The Morgan fingerprint density at radius 1 is 1.50 bits per heavy atom. The van der Waals surface area contributed by atoms with Gasteiger partial charge in [0.25, 0.3) is 0 Å². The summed E-state index contributed by atoms with van der Waals surface area (Å²) in [6, 6.07) is 0. The van der Waals surface area contributed by atoms with Crippen LogP contribution >= 0.6 is 35.7 Å². The number of ether oxygens (including phenoxy) is 1. The van der Waals surface area contributed by atoms with Crippen LogP contribution in [-0.4, -0.2) is 56.3 Å². The maximum atomic E-state index is 11.7. The fourth-order valence-corrected chi connectivity index (χ4v) is 2.73. The second kappa shape index (κ2) is 8.54. The second-order valence-electron chi connectivity index (χ2n) is 3.51. The summed E-state index contributed by atoms with van der Waals surface area (Å²) >= 11 is 8.25. The Balaban J connectivity index is 2.36. The van der Waals surface area contributed by atoms with Crippen LogP contribution < -0.4 is 0 Å². The Kier molecular flexibility index (Phi) is 7.36. The number of aromatic amines is 1. The van der Waals surface area contributed by atoms with Gasteiger partial charge in [-0.05, 0) is 24.7 Å². The van der Waals surface area contributed by atoms with Gasteiger partial charge in [-0.1, -0.05) is 10.3 Å². The molecule has 0 radical (unpaired) electrons. The molecule has 9 heteroatoms. The minimum Gasteiger partial charge on any atom is -0.461 e. The van der Waals surface area contributed by atoms with Crippen LogP contribution in [0.4, 0.5) is 0 Å². The molecule has 1 heterocycles. The molecule has 1 aromatic rings. The maximum Gasteiger partial charge on any atom is 0.308 e. The van der Waals surface area contributed by atoms with Crippen molar-refractivity contribution >= 4 is 41.7 Å². The van der Waals surface area contributed by atoms with Crippen molar-refractivity contribution in [3.8, 4) is 0 Å². The lowest BCUT2D eigenvalue weighted by Gasteiger charge is -2.15. The van der Waals surface area contributed by atoms with Gasteiger partial charge in [-0.3, -0.25) is 4.79 Å². The molecule has 1 rings (SSSR count). The number of carbonyl (C=O) groups is 1. The first-order valence-corrected chi connectivity index (χ1v) is 8.52. The van der Waals surface area contributed by atoms with Crippen molar-refractivity contribution in [1.82, 2.24) is 20.2 Å². The van der Waals surface area contributed by atoms with Crippen molar-refractivity contribution in [2.75, 3.05) is 24.0 Å². The molecule has 0 aliphatic carbocycles. The van der Waals surface area contributed by atoms with E-state index >= 15 is 0 Å². The molecular weight excluding hydrogens is 292 g/mol. The number of thioether (sulfide) groups is 2. The van der Waals surface area contributed by atoms with E-state index in [1.165, 1.54) is 4.68 Å². The Hall–Kier alpha value is -0.540. The molecule has 0 spiro atoms. The average Bonchev–Trinajstić information content (AvgIpc) is 2.73. The van der Waals surface area contributed by atoms with Crippen LogP contribution in [0.2, 0.25) is 0 Å². The molecule has 102 valence electrons. The number of rotatable bonds is 8. The van der Waals surface area contributed by atoms with E-state index < -0.39 is 0 Å². The van der Waals surface area contributed by atoms with Crippen molar-refractivity contribution in [2.45, 2.75) is 19.1 Å². The van der Waals surface area contributed by atoms with Gasteiger partial charge in [-0.15, -0.1) is 0 Å². The van der Waals surface area contributed by atoms with Gasteiger partial charge in [0.2, 0.25) is 4.77 Å². The van der Waals surface area contributed by atoms with Crippen molar-refractivity contribution in [3.05, 3.63) is 4.77 Å². The first-order chi connectivity index (χ1) is 8.67. The zero-order chi connectivity index (χ0) is 13.4.